The number of likely N-dealkylation sites (tertiary alicyclic amines) is 1. The number of H-pyrrole nitrogens is 1. The topological polar surface area (TPSA) is 104 Å². The van der Waals surface area contributed by atoms with E-state index >= 15 is 0 Å². The quantitative estimate of drug-likeness (QED) is 0.671. The normalized spacial score (nSPS) is 18.3. The van der Waals surface area contributed by atoms with E-state index in [1.807, 2.05) is 11.4 Å². The fraction of sp³-hybridized carbons (Fsp3) is 0.381. The summed E-state index contributed by atoms with van der Waals surface area (Å²) in [4.78, 5) is 50.3. The molecule has 160 valence electrons. The minimum Gasteiger partial charge on any atom is -0.332 e. The van der Waals surface area contributed by atoms with Crippen LogP contribution in [0.2, 0.25) is 0 Å². The van der Waals surface area contributed by atoms with Gasteiger partial charge in [-0.2, -0.15) is 5.10 Å². The van der Waals surface area contributed by atoms with Crippen LogP contribution >= 0.6 is 11.3 Å². The Balaban J connectivity index is 1.43. The average Bonchev–Trinajstić information content (AvgIpc) is 3.53. The molecule has 0 saturated carbocycles. The Kier molecular flexibility index (Phi) is 4.93. The number of nitrogens with one attached hydrogen (secondary N) is 1. The molecule has 1 fully saturated rings. The highest BCUT2D eigenvalue weighted by Gasteiger charge is 2.34. The first kappa shape index (κ1) is 19.7. The van der Waals surface area contributed by atoms with E-state index in [1.165, 1.54) is 11.3 Å². The number of hydrogen-bond acceptors (Lipinski definition) is 6. The number of aromatic amines is 1. The minimum absolute atomic E-state index is 0.0443. The van der Waals surface area contributed by atoms with Crippen molar-refractivity contribution >= 4 is 23.2 Å². The van der Waals surface area contributed by atoms with Crippen molar-refractivity contribution in [2.24, 2.45) is 7.05 Å². The largest absolute Gasteiger partial charge is 0.332 e. The van der Waals surface area contributed by atoms with Crippen molar-refractivity contribution in [2.45, 2.75) is 31.8 Å². The molecule has 1 saturated heterocycles. The summed E-state index contributed by atoms with van der Waals surface area (Å²) in [6.07, 6.45) is 3.75. The molecular formula is C21H22N6O3S. The van der Waals surface area contributed by atoms with Crippen LogP contribution in [0.4, 0.5) is 0 Å². The number of thiophene rings is 1. The van der Waals surface area contributed by atoms with Crippen LogP contribution in [0.25, 0.3) is 0 Å². The van der Waals surface area contributed by atoms with Gasteiger partial charge in [-0.05, 0) is 36.8 Å². The van der Waals surface area contributed by atoms with Gasteiger partial charge in [0.05, 0.1) is 23.2 Å². The summed E-state index contributed by atoms with van der Waals surface area (Å²) in [6, 6.07) is 5.04. The molecule has 2 aliphatic heterocycles. The Morgan fingerprint density at radius 2 is 2.10 bits per heavy atom. The Morgan fingerprint density at radius 3 is 2.84 bits per heavy atom. The smallest absolute Gasteiger partial charge is 0.274 e. The van der Waals surface area contributed by atoms with Crippen LogP contribution in [-0.2, 0) is 20.0 Å². The molecule has 0 radical (unpaired) electrons. The molecule has 2 aliphatic rings. The van der Waals surface area contributed by atoms with E-state index in [4.69, 9.17) is 4.98 Å². The summed E-state index contributed by atoms with van der Waals surface area (Å²) >= 11 is 1.40. The van der Waals surface area contributed by atoms with Crippen LogP contribution in [0, 0.1) is 0 Å². The summed E-state index contributed by atoms with van der Waals surface area (Å²) in [7, 11) is 1.77. The lowest BCUT2D eigenvalue weighted by Gasteiger charge is -2.29. The molecule has 0 aliphatic carbocycles. The molecule has 0 aromatic carbocycles. The number of fused-ring (bicyclic) bond motifs is 1. The Morgan fingerprint density at radius 1 is 1.23 bits per heavy atom. The van der Waals surface area contributed by atoms with E-state index < -0.39 is 0 Å². The van der Waals surface area contributed by atoms with E-state index in [0.717, 1.165) is 12.8 Å². The summed E-state index contributed by atoms with van der Waals surface area (Å²) in [6.45, 7) is 1.37. The lowest BCUT2D eigenvalue weighted by Crippen LogP contribution is -2.40. The van der Waals surface area contributed by atoms with Crippen molar-refractivity contribution in [3.8, 4) is 0 Å². The van der Waals surface area contributed by atoms with Crippen LogP contribution < -0.4 is 5.56 Å². The van der Waals surface area contributed by atoms with Crippen molar-refractivity contribution < 1.29 is 9.59 Å². The van der Waals surface area contributed by atoms with Gasteiger partial charge in [0.15, 0.2) is 0 Å². The number of nitrogens with zero attached hydrogens (tertiary/aromatic N) is 5. The Labute approximate surface area is 182 Å². The van der Waals surface area contributed by atoms with Crippen molar-refractivity contribution in [2.75, 3.05) is 13.1 Å². The van der Waals surface area contributed by atoms with Crippen molar-refractivity contribution in [3.63, 3.8) is 0 Å². The fourth-order valence-corrected chi connectivity index (χ4v) is 5.01. The molecule has 10 heteroatoms. The zero-order valence-corrected chi connectivity index (χ0v) is 17.9. The molecule has 3 aromatic heterocycles. The molecule has 5 heterocycles. The zero-order chi connectivity index (χ0) is 21.5. The SMILES string of the molecule is Cn1ccc(C(=O)N2CCC[C@@H]2c2nc3c(c(=O)[nH]2)CCN(C(=O)c2cccs2)C3)n1. The highest BCUT2D eigenvalue weighted by Crippen LogP contribution is 2.31. The Bertz CT molecular complexity index is 1200. The van der Waals surface area contributed by atoms with Gasteiger partial charge in [0.25, 0.3) is 17.4 Å². The van der Waals surface area contributed by atoms with Crippen LogP contribution in [0.1, 0.15) is 56.1 Å². The second kappa shape index (κ2) is 7.77. The first-order valence-electron chi connectivity index (χ1n) is 10.3. The van der Waals surface area contributed by atoms with E-state index in [1.54, 1.807) is 39.9 Å². The minimum atomic E-state index is -0.309. The molecule has 0 spiro atoms. The third-order valence-electron chi connectivity index (χ3n) is 5.87. The molecule has 5 rings (SSSR count). The second-order valence-corrected chi connectivity index (χ2v) is 8.81. The van der Waals surface area contributed by atoms with Gasteiger partial charge in [0.1, 0.15) is 11.5 Å². The number of aromatic nitrogens is 4. The zero-order valence-electron chi connectivity index (χ0n) is 17.1. The maximum atomic E-state index is 13.0. The van der Waals surface area contributed by atoms with Gasteiger partial charge in [0, 0.05) is 31.9 Å². The lowest BCUT2D eigenvalue weighted by molar-refractivity contribution is 0.0722. The van der Waals surface area contributed by atoms with Crippen LogP contribution in [0.5, 0.6) is 0 Å². The van der Waals surface area contributed by atoms with Crippen molar-refractivity contribution in [1.82, 2.24) is 29.5 Å². The number of amides is 2. The predicted molar refractivity (Wildman–Crippen MR) is 114 cm³/mol. The van der Waals surface area contributed by atoms with E-state index in [-0.39, 0.29) is 23.4 Å². The van der Waals surface area contributed by atoms with Gasteiger partial charge < -0.3 is 14.8 Å². The lowest BCUT2D eigenvalue weighted by atomic mass is 10.1. The molecule has 1 N–H and O–H groups in total. The van der Waals surface area contributed by atoms with Gasteiger partial charge in [-0.25, -0.2) is 4.98 Å². The maximum Gasteiger partial charge on any atom is 0.274 e. The molecule has 1 atom stereocenters. The average molecular weight is 439 g/mol. The third-order valence-corrected chi connectivity index (χ3v) is 6.73. The first-order valence-corrected chi connectivity index (χ1v) is 11.1. The number of rotatable bonds is 3. The van der Waals surface area contributed by atoms with Gasteiger partial charge in [-0.1, -0.05) is 6.07 Å². The highest BCUT2D eigenvalue weighted by molar-refractivity contribution is 7.12. The number of hydrogen-bond donors (Lipinski definition) is 1. The van der Waals surface area contributed by atoms with Gasteiger partial charge in [-0.3, -0.25) is 19.1 Å². The summed E-state index contributed by atoms with van der Waals surface area (Å²) in [5.41, 5.74) is 1.44. The number of carbonyl (C=O) groups excluding carboxylic acids is 2. The molecule has 2 amide bonds. The second-order valence-electron chi connectivity index (χ2n) is 7.86. The first-order chi connectivity index (χ1) is 15.0. The van der Waals surface area contributed by atoms with Gasteiger partial charge in [-0.15, -0.1) is 11.3 Å². The monoisotopic (exact) mass is 438 g/mol. The van der Waals surface area contributed by atoms with E-state index in [9.17, 15) is 14.4 Å². The maximum absolute atomic E-state index is 13.0. The van der Waals surface area contributed by atoms with Crippen LogP contribution in [0.3, 0.4) is 0 Å². The number of aryl methyl sites for hydroxylation is 1. The van der Waals surface area contributed by atoms with E-state index in [0.29, 0.717) is 53.7 Å². The summed E-state index contributed by atoms with van der Waals surface area (Å²) in [5, 5.41) is 6.09. The third kappa shape index (κ3) is 3.56. The molecule has 31 heavy (non-hydrogen) atoms. The molecule has 3 aromatic rings. The molecular weight excluding hydrogens is 416 g/mol. The highest BCUT2D eigenvalue weighted by atomic mass is 32.1. The number of carbonyl (C=O) groups is 2. The van der Waals surface area contributed by atoms with Crippen molar-refractivity contribution in [1.29, 1.82) is 0 Å². The van der Waals surface area contributed by atoms with Crippen LogP contribution in [0.15, 0.2) is 34.6 Å². The molecule has 0 unspecified atom stereocenters. The fourth-order valence-electron chi connectivity index (χ4n) is 4.32. The van der Waals surface area contributed by atoms with E-state index in [2.05, 4.69) is 10.1 Å². The standard InChI is InChI=1S/C21H22N6O3S/c1-25-9-7-14(24-25)20(29)27-8-2-4-16(27)18-22-15-12-26(10-6-13(15)19(28)23-18)21(30)17-5-3-11-31-17/h3,5,7,9,11,16H,2,4,6,8,10,12H2,1H3,(H,22,23,28)/t16-/m1/s1. The molecule has 0 bridgehead atoms. The predicted octanol–water partition coefficient (Wildman–Crippen LogP) is 1.74. The van der Waals surface area contributed by atoms with Gasteiger partial charge in [0.2, 0.25) is 0 Å². The van der Waals surface area contributed by atoms with Crippen LogP contribution in [-0.4, -0.2) is 54.5 Å². The van der Waals surface area contributed by atoms with Gasteiger partial charge >= 0.3 is 0 Å². The molecule has 9 nitrogen and oxygen atoms in total. The van der Waals surface area contributed by atoms with Crippen molar-refractivity contribution in [3.05, 3.63) is 67.8 Å². The summed E-state index contributed by atoms with van der Waals surface area (Å²) in [5.74, 6) is 0.269. The Hall–Kier alpha value is -3.27. The summed E-state index contributed by atoms with van der Waals surface area (Å²) < 4.78 is 1.59.